The van der Waals surface area contributed by atoms with Crippen LogP contribution >= 0.6 is 0 Å². The molecule has 3 nitrogen and oxygen atoms in total. The van der Waals surface area contributed by atoms with E-state index in [4.69, 9.17) is 4.84 Å². The SMILES string of the molecule is CON(C)C(=O)Cc1ccc2c(c1)CCC2. The van der Waals surface area contributed by atoms with E-state index >= 15 is 0 Å². The fraction of sp³-hybridized carbons (Fsp3) is 0.462. The van der Waals surface area contributed by atoms with E-state index in [1.165, 1.54) is 36.1 Å². The number of hydrogen-bond acceptors (Lipinski definition) is 2. The molecule has 0 fully saturated rings. The molecule has 1 aromatic rings. The third kappa shape index (κ3) is 2.25. The van der Waals surface area contributed by atoms with Crippen LogP contribution in [0.4, 0.5) is 0 Å². The van der Waals surface area contributed by atoms with E-state index < -0.39 is 0 Å². The highest BCUT2D eigenvalue weighted by molar-refractivity contribution is 5.77. The van der Waals surface area contributed by atoms with Gasteiger partial charge in [0.1, 0.15) is 0 Å². The molecule has 0 heterocycles. The monoisotopic (exact) mass is 219 g/mol. The molecule has 0 aliphatic heterocycles. The number of nitrogens with zero attached hydrogens (tertiary/aromatic N) is 1. The van der Waals surface area contributed by atoms with Crippen LogP contribution in [0.2, 0.25) is 0 Å². The van der Waals surface area contributed by atoms with Crippen molar-refractivity contribution in [2.75, 3.05) is 14.2 Å². The van der Waals surface area contributed by atoms with Crippen molar-refractivity contribution in [2.45, 2.75) is 25.7 Å². The summed E-state index contributed by atoms with van der Waals surface area (Å²) in [5, 5.41) is 1.27. The Hall–Kier alpha value is -1.35. The maximum Gasteiger partial charge on any atom is 0.250 e. The van der Waals surface area contributed by atoms with Gasteiger partial charge in [0.05, 0.1) is 13.5 Å². The molecule has 0 atom stereocenters. The molecule has 0 spiro atoms. The highest BCUT2D eigenvalue weighted by atomic mass is 16.7. The van der Waals surface area contributed by atoms with E-state index in [0.717, 1.165) is 12.0 Å². The number of hydrogen-bond donors (Lipinski definition) is 0. The number of carbonyl (C=O) groups is 1. The first-order valence-corrected chi connectivity index (χ1v) is 5.62. The molecular formula is C13H17NO2. The lowest BCUT2D eigenvalue weighted by Crippen LogP contribution is -2.26. The summed E-state index contributed by atoms with van der Waals surface area (Å²) in [7, 11) is 3.14. The molecule has 0 saturated heterocycles. The summed E-state index contributed by atoms with van der Waals surface area (Å²) in [6.45, 7) is 0. The fourth-order valence-corrected chi connectivity index (χ4v) is 2.12. The molecular weight excluding hydrogens is 202 g/mol. The van der Waals surface area contributed by atoms with E-state index in [2.05, 4.69) is 12.1 Å². The van der Waals surface area contributed by atoms with Crippen LogP contribution in [0.15, 0.2) is 18.2 Å². The second-order valence-electron chi connectivity index (χ2n) is 4.21. The van der Waals surface area contributed by atoms with Gasteiger partial charge in [0.15, 0.2) is 0 Å². The van der Waals surface area contributed by atoms with Crippen LogP contribution in [0.5, 0.6) is 0 Å². The number of hydroxylamine groups is 2. The average Bonchev–Trinajstić information content (AvgIpc) is 2.75. The summed E-state index contributed by atoms with van der Waals surface area (Å²) in [5.74, 6) is -0.0135. The molecule has 0 aromatic heterocycles. The topological polar surface area (TPSA) is 29.5 Å². The molecule has 1 aliphatic carbocycles. The lowest BCUT2D eigenvalue weighted by atomic mass is 10.0. The molecule has 0 saturated carbocycles. The van der Waals surface area contributed by atoms with Crippen molar-refractivity contribution in [1.82, 2.24) is 5.06 Å². The van der Waals surface area contributed by atoms with Crippen molar-refractivity contribution in [3.8, 4) is 0 Å². The Labute approximate surface area is 96.0 Å². The standard InChI is InChI=1S/C13H17NO2/c1-14(16-2)13(15)9-10-6-7-11-4-3-5-12(11)8-10/h6-8H,3-5,9H2,1-2H3. The Kier molecular flexibility index (Phi) is 3.25. The number of amides is 1. The van der Waals surface area contributed by atoms with Crippen LogP contribution in [0.25, 0.3) is 0 Å². The Morgan fingerprint density at radius 1 is 1.38 bits per heavy atom. The smallest absolute Gasteiger partial charge is 0.250 e. The van der Waals surface area contributed by atoms with Gasteiger partial charge in [-0.15, -0.1) is 0 Å². The first-order chi connectivity index (χ1) is 7.70. The maximum absolute atomic E-state index is 11.6. The van der Waals surface area contributed by atoms with Crippen molar-refractivity contribution in [3.63, 3.8) is 0 Å². The molecule has 2 rings (SSSR count). The van der Waals surface area contributed by atoms with Gasteiger partial charge >= 0.3 is 0 Å². The molecule has 3 heteroatoms. The lowest BCUT2D eigenvalue weighted by Gasteiger charge is -2.13. The molecule has 0 radical (unpaired) electrons. The van der Waals surface area contributed by atoms with Crippen molar-refractivity contribution >= 4 is 5.91 Å². The van der Waals surface area contributed by atoms with Gasteiger partial charge in [-0.05, 0) is 36.0 Å². The number of fused-ring (bicyclic) bond motifs is 1. The van der Waals surface area contributed by atoms with Crippen LogP contribution in [0, 0.1) is 0 Å². The van der Waals surface area contributed by atoms with Crippen LogP contribution in [-0.2, 0) is 28.9 Å². The number of benzene rings is 1. The van der Waals surface area contributed by atoms with Crippen LogP contribution in [-0.4, -0.2) is 25.1 Å². The van der Waals surface area contributed by atoms with Crippen molar-refractivity contribution in [1.29, 1.82) is 0 Å². The molecule has 16 heavy (non-hydrogen) atoms. The molecule has 0 N–H and O–H groups in total. The lowest BCUT2D eigenvalue weighted by molar-refractivity contribution is -0.167. The predicted molar refractivity (Wildman–Crippen MR) is 62.0 cm³/mol. The maximum atomic E-state index is 11.6. The van der Waals surface area contributed by atoms with Gasteiger partial charge in [-0.3, -0.25) is 9.63 Å². The van der Waals surface area contributed by atoms with Gasteiger partial charge in [0, 0.05) is 7.05 Å². The van der Waals surface area contributed by atoms with Gasteiger partial charge in [-0.1, -0.05) is 18.2 Å². The summed E-state index contributed by atoms with van der Waals surface area (Å²) in [5.41, 5.74) is 3.93. The predicted octanol–water partition coefficient (Wildman–Crippen LogP) is 1.74. The van der Waals surface area contributed by atoms with Gasteiger partial charge < -0.3 is 0 Å². The van der Waals surface area contributed by atoms with Gasteiger partial charge in [0.2, 0.25) is 5.91 Å². The van der Waals surface area contributed by atoms with E-state index in [1.807, 2.05) is 6.07 Å². The minimum atomic E-state index is -0.0135. The molecule has 0 bridgehead atoms. The number of rotatable bonds is 3. The van der Waals surface area contributed by atoms with Gasteiger partial charge in [-0.25, -0.2) is 5.06 Å². The Morgan fingerprint density at radius 3 is 2.88 bits per heavy atom. The summed E-state index contributed by atoms with van der Waals surface area (Å²) in [4.78, 5) is 16.5. The van der Waals surface area contributed by atoms with Crippen molar-refractivity contribution < 1.29 is 9.63 Å². The molecule has 86 valence electrons. The highest BCUT2D eigenvalue weighted by Crippen LogP contribution is 2.23. The summed E-state index contributed by atoms with van der Waals surface area (Å²) in [6.07, 6.45) is 3.99. The van der Waals surface area contributed by atoms with Gasteiger partial charge in [0.25, 0.3) is 0 Å². The number of carbonyl (C=O) groups excluding carboxylic acids is 1. The average molecular weight is 219 g/mol. The molecule has 0 unspecified atom stereocenters. The van der Waals surface area contributed by atoms with E-state index in [1.54, 1.807) is 7.05 Å². The first-order valence-electron chi connectivity index (χ1n) is 5.62. The zero-order chi connectivity index (χ0) is 11.5. The van der Waals surface area contributed by atoms with E-state index in [0.29, 0.717) is 6.42 Å². The highest BCUT2D eigenvalue weighted by Gasteiger charge is 2.13. The minimum absolute atomic E-state index is 0.0135. The second kappa shape index (κ2) is 4.66. The Balaban J connectivity index is 2.08. The van der Waals surface area contributed by atoms with Crippen LogP contribution < -0.4 is 0 Å². The fourth-order valence-electron chi connectivity index (χ4n) is 2.12. The normalized spacial score (nSPS) is 13.6. The third-order valence-electron chi connectivity index (χ3n) is 3.14. The largest absolute Gasteiger partial charge is 0.275 e. The third-order valence-corrected chi connectivity index (χ3v) is 3.14. The number of likely N-dealkylation sites (N-methyl/N-ethyl adjacent to an activating group) is 1. The van der Waals surface area contributed by atoms with E-state index in [-0.39, 0.29) is 5.91 Å². The number of aryl methyl sites for hydroxylation is 2. The zero-order valence-corrected chi connectivity index (χ0v) is 9.82. The molecule has 1 aromatic carbocycles. The zero-order valence-electron chi connectivity index (χ0n) is 9.82. The molecule has 1 aliphatic rings. The minimum Gasteiger partial charge on any atom is -0.275 e. The van der Waals surface area contributed by atoms with Crippen LogP contribution in [0.1, 0.15) is 23.1 Å². The summed E-state index contributed by atoms with van der Waals surface area (Å²) >= 11 is 0. The summed E-state index contributed by atoms with van der Waals surface area (Å²) < 4.78 is 0. The first kappa shape index (κ1) is 11.1. The quantitative estimate of drug-likeness (QED) is 0.725. The molecule has 1 amide bonds. The Bertz CT molecular complexity index is 401. The van der Waals surface area contributed by atoms with Crippen molar-refractivity contribution in [3.05, 3.63) is 34.9 Å². The van der Waals surface area contributed by atoms with E-state index in [9.17, 15) is 4.79 Å². The van der Waals surface area contributed by atoms with Crippen molar-refractivity contribution in [2.24, 2.45) is 0 Å². The Morgan fingerprint density at radius 2 is 2.12 bits per heavy atom. The summed E-state index contributed by atoms with van der Waals surface area (Å²) in [6, 6.07) is 6.35. The van der Waals surface area contributed by atoms with Crippen LogP contribution in [0.3, 0.4) is 0 Å². The van der Waals surface area contributed by atoms with Gasteiger partial charge in [-0.2, -0.15) is 0 Å². The second-order valence-corrected chi connectivity index (χ2v) is 4.21.